The molecule has 0 saturated carbocycles. The molecular formula is C13H21BrN2. The third-order valence-corrected chi connectivity index (χ3v) is 3.23. The van der Waals surface area contributed by atoms with Gasteiger partial charge in [0.25, 0.3) is 0 Å². The Morgan fingerprint density at radius 2 is 2.06 bits per heavy atom. The molecule has 0 amide bonds. The van der Waals surface area contributed by atoms with Gasteiger partial charge < -0.3 is 5.73 Å². The molecule has 0 fully saturated rings. The van der Waals surface area contributed by atoms with Gasteiger partial charge in [0.15, 0.2) is 0 Å². The molecule has 2 N–H and O–H groups in total. The van der Waals surface area contributed by atoms with Crippen LogP contribution in [0.4, 0.5) is 5.69 Å². The van der Waals surface area contributed by atoms with Crippen LogP contribution in [0, 0.1) is 5.92 Å². The first-order valence-electron chi connectivity index (χ1n) is 5.79. The van der Waals surface area contributed by atoms with E-state index in [4.69, 9.17) is 5.73 Å². The van der Waals surface area contributed by atoms with Gasteiger partial charge in [-0.05, 0) is 46.1 Å². The second-order valence-corrected chi connectivity index (χ2v) is 5.43. The van der Waals surface area contributed by atoms with Crippen LogP contribution in [0.2, 0.25) is 0 Å². The molecule has 0 radical (unpaired) electrons. The zero-order valence-corrected chi connectivity index (χ0v) is 11.9. The predicted molar refractivity (Wildman–Crippen MR) is 74.3 cm³/mol. The largest absolute Gasteiger partial charge is 0.398 e. The lowest BCUT2D eigenvalue weighted by molar-refractivity contribution is 0.248. The molecule has 0 aromatic heterocycles. The van der Waals surface area contributed by atoms with Gasteiger partial charge in [-0.25, -0.2) is 0 Å². The maximum absolute atomic E-state index is 5.77. The Labute approximate surface area is 107 Å². The Hall–Kier alpha value is -0.540. The molecule has 2 nitrogen and oxygen atoms in total. The number of rotatable bonds is 5. The second-order valence-electron chi connectivity index (χ2n) is 4.58. The Bertz CT molecular complexity index is 337. The van der Waals surface area contributed by atoms with E-state index in [9.17, 15) is 0 Å². The number of hydrogen-bond acceptors (Lipinski definition) is 2. The maximum atomic E-state index is 5.77. The number of hydrogen-bond donors (Lipinski definition) is 1. The van der Waals surface area contributed by atoms with Crippen LogP contribution in [0.3, 0.4) is 0 Å². The average Bonchev–Trinajstić information content (AvgIpc) is 2.22. The summed E-state index contributed by atoms with van der Waals surface area (Å²) in [6.45, 7) is 9.92. The average molecular weight is 285 g/mol. The van der Waals surface area contributed by atoms with Crippen molar-refractivity contribution in [2.75, 3.05) is 18.8 Å². The highest BCUT2D eigenvalue weighted by atomic mass is 79.9. The highest BCUT2D eigenvalue weighted by Gasteiger charge is 2.06. The van der Waals surface area contributed by atoms with Gasteiger partial charge in [-0.1, -0.05) is 26.8 Å². The van der Waals surface area contributed by atoms with Gasteiger partial charge in [0.1, 0.15) is 0 Å². The quantitative estimate of drug-likeness (QED) is 0.839. The van der Waals surface area contributed by atoms with Crippen LogP contribution in [0.25, 0.3) is 0 Å². The van der Waals surface area contributed by atoms with Crippen molar-refractivity contribution in [1.82, 2.24) is 4.90 Å². The summed E-state index contributed by atoms with van der Waals surface area (Å²) in [4.78, 5) is 2.45. The van der Waals surface area contributed by atoms with Crippen LogP contribution < -0.4 is 5.73 Å². The van der Waals surface area contributed by atoms with E-state index in [2.05, 4.69) is 53.7 Å². The lowest BCUT2D eigenvalue weighted by atomic mass is 10.1. The fourth-order valence-corrected chi connectivity index (χ4v) is 2.18. The van der Waals surface area contributed by atoms with E-state index < -0.39 is 0 Å². The molecule has 0 heterocycles. The molecule has 0 bridgehead atoms. The lowest BCUT2D eigenvalue weighted by Crippen LogP contribution is -2.27. The summed E-state index contributed by atoms with van der Waals surface area (Å²) < 4.78 is 0.991. The minimum atomic E-state index is 0.706. The minimum absolute atomic E-state index is 0.706. The first-order chi connectivity index (χ1) is 7.52. The number of nitrogens with zero attached hydrogens (tertiary/aromatic N) is 1. The Kier molecular flexibility index (Phi) is 5.29. The van der Waals surface area contributed by atoms with Crippen LogP contribution in [0.15, 0.2) is 22.7 Å². The molecule has 1 aromatic rings. The molecule has 0 aliphatic heterocycles. The normalized spacial score (nSPS) is 11.4. The fourth-order valence-electron chi connectivity index (χ4n) is 1.75. The summed E-state index contributed by atoms with van der Waals surface area (Å²) in [5.74, 6) is 0.706. The van der Waals surface area contributed by atoms with E-state index in [0.717, 1.165) is 29.8 Å². The van der Waals surface area contributed by atoms with E-state index in [1.54, 1.807) is 0 Å². The van der Waals surface area contributed by atoms with Gasteiger partial charge in [-0.2, -0.15) is 0 Å². The number of nitrogen functional groups attached to an aromatic ring is 1. The van der Waals surface area contributed by atoms with Crippen molar-refractivity contribution in [2.45, 2.75) is 27.3 Å². The number of nitrogens with two attached hydrogens (primary N) is 1. The van der Waals surface area contributed by atoms with E-state index in [-0.39, 0.29) is 0 Å². The summed E-state index contributed by atoms with van der Waals surface area (Å²) in [5.41, 5.74) is 7.88. The van der Waals surface area contributed by atoms with Gasteiger partial charge in [0.05, 0.1) is 0 Å². The Balaban J connectivity index is 2.66. The fraction of sp³-hybridized carbons (Fsp3) is 0.538. The molecule has 0 unspecified atom stereocenters. The summed E-state index contributed by atoms with van der Waals surface area (Å²) >= 11 is 3.47. The van der Waals surface area contributed by atoms with E-state index in [1.165, 1.54) is 5.56 Å². The zero-order valence-electron chi connectivity index (χ0n) is 10.3. The van der Waals surface area contributed by atoms with E-state index in [0.29, 0.717) is 5.92 Å². The molecule has 16 heavy (non-hydrogen) atoms. The SMILES string of the molecule is CCN(Cc1ccc(N)c(Br)c1)CC(C)C. The van der Waals surface area contributed by atoms with Crippen molar-refractivity contribution < 1.29 is 0 Å². The molecule has 0 aliphatic carbocycles. The number of benzene rings is 1. The van der Waals surface area contributed by atoms with Crippen molar-refractivity contribution in [2.24, 2.45) is 5.92 Å². The van der Waals surface area contributed by atoms with Crippen molar-refractivity contribution in [3.63, 3.8) is 0 Å². The predicted octanol–water partition coefficient (Wildman–Crippen LogP) is 3.51. The van der Waals surface area contributed by atoms with Gasteiger partial charge in [0.2, 0.25) is 0 Å². The van der Waals surface area contributed by atoms with Gasteiger partial charge in [-0.3, -0.25) is 4.90 Å². The topological polar surface area (TPSA) is 29.3 Å². The lowest BCUT2D eigenvalue weighted by Gasteiger charge is -2.22. The highest BCUT2D eigenvalue weighted by Crippen LogP contribution is 2.21. The second kappa shape index (κ2) is 6.26. The Morgan fingerprint density at radius 1 is 1.38 bits per heavy atom. The molecule has 1 rings (SSSR count). The standard InChI is InChI=1S/C13H21BrN2/c1-4-16(8-10(2)3)9-11-5-6-13(15)12(14)7-11/h5-7,10H,4,8-9,15H2,1-3H3. The van der Waals surface area contributed by atoms with Crippen molar-refractivity contribution in [3.05, 3.63) is 28.2 Å². The molecule has 3 heteroatoms. The molecule has 0 saturated heterocycles. The first-order valence-corrected chi connectivity index (χ1v) is 6.58. The third kappa shape index (κ3) is 4.14. The van der Waals surface area contributed by atoms with E-state index >= 15 is 0 Å². The molecular weight excluding hydrogens is 264 g/mol. The molecule has 90 valence electrons. The first kappa shape index (κ1) is 13.5. The van der Waals surface area contributed by atoms with Crippen LogP contribution in [0.1, 0.15) is 26.3 Å². The maximum Gasteiger partial charge on any atom is 0.0458 e. The molecule has 0 aliphatic rings. The molecule has 1 aromatic carbocycles. The summed E-state index contributed by atoms with van der Waals surface area (Å²) in [7, 11) is 0. The number of halogens is 1. The van der Waals surface area contributed by atoms with E-state index in [1.807, 2.05) is 6.07 Å². The number of anilines is 1. The van der Waals surface area contributed by atoms with Gasteiger partial charge >= 0.3 is 0 Å². The Morgan fingerprint density at radius 3 is 2.56 bits per heavy atom. The van der Waals surface area contributed by atoms with Crippen LogP contribution in [-0.4, -0.2) is 18.0 Å². The van der Waals surface area contributed by atoms with Crippen molar-refractivity contribution in [1.29, 1.82) is 0 Å². The van der Waals surface area contributed by atoms with Crippen LogP contribution >= 0.6 is 15.9 Å². The monoisotopic (exact) mass is 284 g/mol. The van der Waals surface area contributed by atoms with Crippen molar-refractivity contribution >= 4 is 21.6 Å². The summed E-state index contributed by atoms with van der Waals surface area (Å²) in [5, 5.41) is 0. The smallest absolute Gasteiger partial charge is 0.0458 e. The van der Waals surface area contributed by atoms with Gasteiger partial charge in [-0.15, -0.1) is 0 Å². The molecule has 0 atom stereocenters. The molecule has 0 spiro atoms. The summed E-state index contributed by atoms with van der Waals surface area (Å²) in [6.07, 6.45) is 0. The van der Waals surface area contributed by atoms with Crippen LogP contribution in [-0.2, 0) is 6.54 Å². The highest BCUT2D eigenvalue weighted by molar-refractivity contribution is 9.10. The zero-order chi connectivity index (χ0) is 12.1. The minimum Gasteiger partial charge on any atom is -0.398 e. The van der Waals surface area contributed by atoms with Gasteiger partial charge in [0, 0.05) is 23.2 Å². The van der Waals surface area contributed by atoms with Crippen LogP contribution in [0.5, 0.6) is 0 Å². The van der Waals surface area contributed by atoms with Crippen molar-refractivity contribution in [3.8, 4) is 0 Å². The third-order valence-electron chi connectivity index (χ3n) is 2.54. The summed E-state index contributed by atoms with van der Waals surface area (Å²) in [6, 6.07) is 6.17.